The third kappa shape index (κ3) is 4.79. The first-order valence-corrected chi connectivity index (χ1v) is 9.84. The molecule has 3 N–H and O–H groups in total. The van der Waals surface area contributed by atoms with Gasteiger partial charge in [-0.25, -0.2) is 18.2 Å². The van der Waals surface area contributed by atoms with Gasteiger partial charge in [-0.15, -0.1) is 0 Å². The molecule has 1 unspecified atom stereocenters. The second-order valence-electron chi connectivity index (χ2n) is 5.95. The number of benzene rings is 1. The van der Waals surface area contributed by atoms with Gasteiger partial charge in [0.05, 0.1) is 11.5 Å². The Labute approximate surface area is 150 Å². The number of nitrogens with zero attached hydrogens (tertiary/aromatic N) is 1. The second-order valence-corrected chi connectivity index (χ2v) is 8.18. The Bertz CT molecular complexity index is 915. The van der Waals surface area contributed by atoms with Crippen molar-refractivity contribution in [3.8, 4) is 0 Å². The molecule has 0 saturated carbocycles. The van der Waals surface area contributed by atoms with Crippen molar-refractivity contribution in [3.63, 3.8) is 0 Å². The largest absolute Gasteiger partial charge is 0.334 e. The number of urea groups is 1. The van der Waals surface area contributed by atoms with Crippen LogP contribution in [0.5, 0.6) is 0 Å². The minimum Gasteiger partial charge on any atom is -0.334 e. The van der Waals surface area contributed by atoms with Crippen molar-refractivity contribution in [2.45, 2.75) is 12.5 Å². The van der Waals surface area contributed by atoms with Crippen LogP contribution in [0.2, 0.25) is 0 Å². The molecule has 0 radical (unpaired) electrons. The van der Waals surface area contributed by atoms with Gasteiger partial charge in [0.1, 0.15) is 5.82 Å². The van der Waals surface area contributed by atoms with Crippen molar-refractivity contribution in [1.82, 2.24) is 10.3 Å². The van der Waals surface area contributed by atoms with Crippen LogP contribution >= 0.6 is 0 Å². The van der Waals surface area contributed by atoms with Crippen molar-refractivity contribution in [2.24, 2.45) is 0 Å². The maximum absolute atomic E-state index is 12.3. The summed E-state index contributed by atoms with van der Waals surface area (Å²) in [6.45, 7) is 0. The minimum atomic E-state index is -3.06. The molecule has 3 rings (SSSR count). The second kappa shape index (κ2) is 7.52. The van der Waals surface area contributed by atoms with Gasteiger partial charge in [-0.3, -0.25) is 4.79 Å². The van der Waals surface area contributed by atoms with Crippen molar-refractivity contribution in [1.29, 1.82) is 0 Å². The average Bonchev–Trinajstić information content (AvgIpc) is 2.94. The van der Waals surface area contributed by atoms with E-state index in [1.54, 1.807) is 42.6 Å². The van der Waals surface area contributed by atoms with Crippen LogP contribution in [-0.2, 0) is 9.84 Å². The molecule has 136 valence electrons. The Balaban J connectivity index is 1.60. The zero-order valence-corrected chi connectivity index (χ0v) is 14.6. The molecule has 1 saturated heterocycles. The smallest absolute Gasteiger partial charge is 0.319 e. The van der Waals surface area contributed by atoms with Gasteiger partial charge in [-0.2, -0.15) is 0 Å². The van der Waals surface area contributed by atoms with Gasteiger partial charge < -0.3 is 16.0 Å². The van der Waals surface area contributed by atoms with Gasteiger partial charge in [-0.05, 0) is 36.8 Å². The van der Waals surface area contributed by atoms with Gasteiger partial charge >= 0.3 is 6.03 Å². The number of nitrogens with one attached hydrogen (secondary N) is 3. The molecule has 1 fully saturated rings. The molecule has 1 aromatic heterocycles. The summed E-state index contributed by atoms with van der Waals surface area (Å²) in [5, 5.41) is 7.91. The fraction of sp³-hybridized carbons (Fsp3) is 0.235. The maximum Gasteiger partial charge on any atom is 0.319 e. The number of rotatable bonds is 4. The first kappa shape index (κ1) is 17.9. The summed E-state index contributed by atoms with van der Waals surface area (Å²) >= 11 is 0. The van der Waals surface area contributed by atoms with Crippen LogP contribution in [0.15, 0.2) is 48.7 Å². The lowest BCUT2D eigenvalue weighted by Gasteiger charge is -2.12. The Hall–Kier alpha value is -2.94. The lowest BCUT2D eigenvalue weighted by Crippen LogP contribution is -2.38. The monoisotopic (exact) mass is 374 g/mol. The number of hydrogen-bond donors (Lipinski definition) is 3. The lowest BCUT2D eigenvalue weighted by molar-refractivity contribution is 0.102. The van der Waals surface area contributed by atoms with Crippen LogP contribution in [0, 0.1) is 0 Å². The third-order valence-corrected chi connectivity index (χ3v) is 5.62. The number of pyridine rings is 1. The minimum absolute atomic E-state index is 0.0487. The molecule has 1 aliphatic heterocycles. The lowest BCUT2D eigenvalue weighted by atomic mass is 10.2. The Morgan fingerprint density at radius 1 is 1.08 bits per heavy atom. The first-order valence-electron chi connectivity index (χ1n) is 8.02. The maximum atomic E-state index is 12.3. The molecule has 3 amide bonds. The summed E-state index contributed by atoms with van der Waals surface area (Å²) in [6, 6.07) is 10.7. The number of anilines is 2. The number of aromatic nitrogens is 1. The van der Waals surface area contributed by atoms with E-state index in [4.69, 9.17) is 0 Å². The summed E-state index contributed by atoms with van der Waals surface area (Å²) in [6.07, 6.45) is 1.98. The molecule has 1 atom stereocenters. The van der Waals surface area contributed by atoms with Crippen molar-refractivity contribution in [2.75, 3.05) is 22.1 Å². The normalized spacial score (nSPS) is 18.1. The van der Waals surface area contributed by atoms with E-state index in [1.165, 1.54) is 6.07 Å². The van der Waals surface area contributed by atoms with Crippen molar-refractivity contribution < 1.29 is 18.0 Å². The van der Waals surface area contributed by atoms with Crippen LogP contribution in [0.25, 0.3) is 0 Å². The van der Waals surface area contributed by atoms with E-state index >= 15 is 0 Å². The van der Waals surface area contributed by atoms with E-state index in [2.05, 4.69) is 20.9 Å². The first-order chi connectivity index (χ1) is 12.4. The SMILES string of the molecule is O=C(Nc1cccc(C(=O)Nc2ccccn2)c1)NC1CCS(=O)(=O)C1. The summed E-state index contributed by atoms with van der Waals surface area (Å²) in [5.41, 5.74) is 0.786. The van der Waals surface area contributed by atoms with Gasteiger partial charge in [0, 0.05) is 23.5 Å². The van der Waals surface area contributed by atoms with Gasteiger partial charge in [0.25, 0.3) is 5.91 Å². The molecule has 8 nitrogen and oxygen atoms in total. The molecule has 2 heterocycles. The highest BCUT2D eigenvalue weighted by Gasteiger charge is 2.28. The molecule has 0 spiro atoms. The van der Waals surface area contributed by atoms with Crippen molar-refractivity contribution in [3.05, 3.63) is 54.2 Å². The van der Waals surface area contributed by atoms with E-state index in [0.717, 1.165) is 0 Å². The van der Waals surface area contributed by atoms with Gasteiger partial charge in [-0.1, -0.05) is 12.1 Å². The van der Waals surface area contributed by atoms with E-state index in [-0.39, 0.29) is 17.4 Å². The molecule has 26 heavy (non-hydrogen) atoms. The predicted octanol–water partition coefficient (Wildman–Crippen LogP) is 1.64. The molecule has 1 aromatic carbocycles. The predicted molar refractivity (Wildman–Crippen MR) is 97.8 cm³/mol. The van der Waals surface area contributed by atoms with Crippen LogP contribution in [0.4, 0.5) is 16.3 Å². The zero-order chi connectivity index (χ0) is 18.6. The Kier molecular flexibility index (Phi) is 5.17. The van der Waals surface area contributed by atoms with Crippen LogP contribution < -0.4 is 16.0 Å². The summed E-state index contributed by atoms with van der Waals surface area (Å²) < 4.78 is 22.9. The van der Waals surface area contributed by atoms with Crippen molar-refractivity contribution >= 4 is 33.3 Å². The fourth-order valence-corrected chi connectivity index (χ4v) is 4.30. The van der Waals surface area contributed by atoms with Gasteiger partial charge in [0.15, 0.2) is 9.84 Å². The molecule has 0 bridgehead atoms. The fourth-order valence-electron chi connectivity index (χ4n) is 2.62. The number of carbonyl (C=O) groups is 2. The molecule has 9 heteroatoms. The summed E-state index contributed by atoms with van der Waals surface area (Å²) in [4.78, 5) is 28.3. The highest BCUT2D eigenvalue weighted by molar-refractivity contribution is 7.91. The van der Waals surface area contributed by atoms with Crippen LogP contribution in [0.3, 0.4) is 0 Å². The Morgan fingerprint density at radius 3 is 2.62 bits per heavy atom. The number of hydrogen-bond acceptors (Lipinski definition) is 5. The highest BCUT2D eigenvalue weighted by atomic mass is 32.2. The molecular formula is C17H18N4O4S. The van der Waals surface area contributed by atoms with Crippen LogP contribution in [-0.4, -0.2) is 42.9 Å². The van der Waals surface area contributed by atoms with E-state index in [0.29, 0.717) is 23.5 Å². The zero-order valence-electron chi connectivity index (χ0n) is 13.8. The van der Waals surface area contributed by atoms with E-state index in [9.17, 15) is 18.0 Å². The van der Waals surface area contributed by atoms with E-state index in [1.807, 2.05) is 0 Å². The average molecular weight is 374 g/mol. The summed E-state index contributed by atoms with van der Waals surface area (Å²) in [5.74, 6) is 0.110. The standard InChI is InChI=1S/C17H18N4O4S/c22-16(21-15-6-1-2-8-18-15)12-4-3-5-13(10-12)19-17(23)20-14-7-9-26(24,25)11-14/h1-6,8,10,14H,7,9,11H2,(H,18,21,22)(H2,19,20,23). The van der Waals surface area contributed by atoms with Gasteiger partial charge in [0.2, 0.25) is 0 Å². The topological polar surface area (TPSA) is 117 Å². The number of carbonyl (C=O) groups excluding carboxylic acids is 2. The molecule has 1 aliphatic rings. The molecule has 2 aromatic rings. The Morgan fingerprint density at radius 2 is 1.92 bits per heavy atom. The number of sulfone groups is 1. The molecular weight excluding hydrogens is 356 g/mol. The highest BCUT2D eigenvalue weighted by Crippen LogP contribution is 2.14. The summed E-state index contributed by atoms with van der Waals surface area (Å²) in [7, 11) is -3.06. The number of amides is 3. The quantitative estimate of drug-likeness (QED) is 0.752. The van der Waals surface area contributed by atoms with Crippen LogP contribution in [0.1, 0.15) is 16.8 Å². The third-order valence-electron chi connectivity index (χ3n) is 3.86. The van der Waals surface area contributed by atoms with E-state index < -0.39 is 21.9 Å². The molecule has 0 aliphatic carbocycles.